The zero-order valence-electron chi connectivity index (χ0n) is 10.6. The number of halogens is 4. The molecule has 0 fully saturated rings. The van der Waals surface area contributed by atoms with Gasteiger partial charge in [-0.3, -0.25) is 0 Å². The minimum Gasteiger partial charge on any atom is -0.311 e. The molecule has 108 valence electrons. The van der Waals surface area contributed by atoms with Crippen molar-refractivity contribution in [3.8, 4) is 5.69 Å². The molecule has 1 aromatic heterocycles. The third-order valence-corrected chi connectivity index (χ3v) is 3.35. The van der Waals surface area contributed by atoms with E-state index in [1.165, 1.54) is 16.9 Å². The van der Waals surface area contributed by atoms with Crippen LogP contribution in [0.5, 0.6) is 0 Å². The Labute approximate surface area is 122 Å². The van der Waals surface area contributed by atoms with E-state index < -0.39 is 11.7 Å². The lowest BCUT2D eigenvalue weighted by molar-refractivity contribution is -0.137. The van der Waals surface area contributed by atoms with Crippen LogP contribution in [0.15, 0.2) is 28.9 Å². The van der Waals surface area contributed by atoms with E-state index in [9.17, 15) is 13.2 Å². The lowest BCUT2D eigenvalue weighted by atomic mass is 10.2. The predicted molar refractivity (Wildman–Crippen MR) is 71.4 cm³/mol. The molecule has 0 atom stereocenters. The first kappa shape index (κ1) is 15.0. The van der Waals surface area contributed by atoms with Crippen LogP contribution < -0.4 is 5.32 Å². The van der Waals surface area contributed by atoms with E-state index in [1.807, 2.05) is 6.92 Å². The number of rotatable bonds is 4. The average molecular weight is 349 g/mol. The Bertz CT molecular complexity index is 595. The van der Waals surface area contributed by atoms with Crippen LogP contribution in [0, 0.1) is 0 Å². The Morgan fingerprint density at radius 3 is 2.75 bits per heavy atom. The second-order valence-corrected chi connectivity index (χ2v) is 4.94. The summed E-state index contributed by atoms with van der Waals surface area (Å²) in [6, 6.07) is 3.43. The summed E-state index contributed by atoms with van der Waals surface area (Å²) in [6.07, 6.45) is -2.87. The Balaban J connectivity index is 2.44. The highest BCUT2D eigenvalue weighted by molar-refractivity contribution is 9.10. The summed E-state index contributed by atoms with van der Waals surface area (Å²) in [6.45, 7) is 3.16. The van der Waals surface area contributed by atoms with Crippen molar-refractivity contribution in [3.05, 3.63) is 40.1 Å². The van der Waals surface area contributed by atoms with Crippen LogP contribution in [0.1, 0.15) is 18.2 Å². The van der Waals surface area contributed by atoms with Gasteiger partial charge >= 0.3 is 6.18 Å². The molecule has 1 aromatic carbocycles. The van der Waals surface area contributed by atoms with E-state index >= 15 is 0 Å². The van der Waals surface area contributed by atoms with E-state index in [0.717, 1.165) is 18.7 Å². The molecule has 20 heavy (non-hydrogen) atoms. The molecule has 0 saturated heterocycles. The van der Waals surface area contributed by atoms with Crippen molar-refractivity contribution < 1.29 is 13.2 Å². The Morgan fingerprint density at radius 2 is 2.10 bits per heavy atom. The molecular weight excluding hydrogens is 337 g/mol. The van der Waals surface area contributed by atoms with Gasteiger partial charge in [0.05, 0.1) is 23.1 Å². The van der Waals surface area contributed by atoms with Gasteiger partial charge in [-0.1, -0.05) is 12.1 Å². The predicted octanol–water partition coefficient (Wildman–Crippen LogP) is 3.16. The van der Waals surface area contributed by atoms with Gasteiger partial charge in [0.2, 0.25) is 0 Å². The highest BCUT2D eigenvalue weighted by atomic mass is 79.9. The van der Waals surface area contributed by atoms with Crippen LogP contribution in [0.4, 0.5) is 13.2 Å². The maximum atomic E-state index is 12.8. The molecule has 8 heteroatoms. The highest BCUT2D eigenvalue weighted by Crippen LogP contribution is 2.33. The maximum Gasteiger partial charge on any atom is 0.416 e. The largest absolute Gasteiger partial charge is 0.416 e. The fraction of sp³-hybridized carbons (Fsp3) is 0.333. The van der Waals surface area contributed by atoms with E-state index in [4.69, 9.17) is 0 Å². The Morgan fingerprint density at radius 1 is 1.35 bits per heavy atom. The molecule has 2 aromatic rings. The molecule has 1 heterocycles. The molecular formula is C12H12BrF3N4. The summed E-state index contributed by atoms with van der Waals surface area (Å²) in [5.41, 5.74) is 0.276. The molecule has 0 unspecified atom stereocenters. The van der Waals surface area contributed by atoms with Crippen molar-refractivity contribution in [1.82, 2.24) is 20.3 Å². The van der Waals surface area contributed by atoms with Crippen LogP contribution in [-0.2, 0) is 12.7 Å². The number of nitrogens with zero attached hydrogens (tertiary/aromatic N) is 3. The van der Waals surface area contributed by atoms with Gasteiger partial charge in [-0.05, 0) is 40.7 Å². The highest BCUT2D eigenvalue weighted by Gasteiger charge is 2.31. The Hall–Kier alpha value is -1.41. The molecule has 0 amide bonds. The maximum absolute atomic E-state index is 12.8. The van der Waals surface area contributed by atoms with E-state index in [0.29, 0.717) is 22.4 Å². The molecule has 0 bridgehead atoms. The van der Waals surface area contributed by atoms with Crippen molar-refractivity contribution in [2.24, 2.45) is 0 Å². The monoisotopic (exact) mass is 348 g/mol. The molecule has 0 aliphatic rings. The van der Waals surface area contributed by atoms with Gasteiger partial charge in [0, 0.05) is 11.0 Å². The molecule has 4 nitrogen and oxygen atoms in total. The average Bonchev–Trinajstić information content (AvgIpc) is 2.83. The van der Waals surface area contributed by atoms with Crippen molar-refractivity contribution in [2.75, 3.05) is 6.54 Å². The SMILES string of the molecule is CCNCc1cnnn1-c1cc(C(F)(F)F)ccc1Br. The minimum absolute atomic E-state index is 0.310. The van der Waals surface area contributed by atoms with Crippen molar-refractivity contribution >= 4 is 15.9 Å². The van der Waals surface area contributed by atoms with Gasteiger partial charge in [0.15, 0.2) is 0 Å². The molecule has 2 rings (SSSR count). The quantitative estimate of drug-likeness (QED) is 0.922. The Kier molecular flexibility index (Phi) is 4.44. The summed E-state index contributed by atoms with van der Waals surface area (Å²) in [4.78, 5) is 0. The minimum atomic E-state index is -4.39. The van der Waals surface area contributed by atoms with Crippen molar-refractivity contribution in [3.63, 3.8) is 0 Å². The van der Waals surface area contributed by atoms with Crippen LogP contribution in [-0.4, -0.2) is 21.5 Å². The molecule has 0 aliphatic carbocycles. The van der Waals surface area contributed by atoms with Crippen molar-refractivity contribution in [2.45, 2.75) is 19.6 Å². The smallest absolute Gasteiger partial charge is 0.311 e. The first-order chi connectivity index (χ1) is 9.43. The van der Waals surface area contributed by atoms with Crippen molar-refractivity contribution in [1.29, 1.82) is 0 Å². The molecule has 0 saturated carbocycles. The molecule has 0 aliphatic heterocycles. The standard InChI is InChI=1S/C12H12BrF3N4/c1-2-17-6-9-7-18-19-20(9)11-5-8(12(14,15)16)3-4-10(11)13/h3-5,7,17H,2,6H2,1H3. The van der Waals surface area contributed by atoms with Gasteiger partial charge in [-0.2, -0.15) is 13.2 Å². The number of nitrogens with one attached hydrogen (secondary N) is 1. The second-order valence-electron chi connectivity index (χ2n) is 4.08. The fourth-order valence-electron chi connectivity index (χ4n) is 1.68. The third-order valence-electron chi connectivity index (χ3n) is 2.68. The van der Waals surface area contributed by atoms with E-state index in [1.54, 1.807) is 0 Å². The van der Waals surface area contributed by atoms with E-state index in [-0.39, 0.29) is 0 Å². The molecule has 1 N–H and O–H groups in total. The van der Waals surface area contributed by atoms with Gasteiger partial charge in [-0.25, -0.2) is 4.68 Å². The first-order valence-electron chi connectivity index (χ1n) is 5.91. The topological polar surface area (TPSA) is 42.7 Å². The number of hydrogen-bond acceptors (Lipinski definition) is 3. The summed E-state index contributed by atoms with van der Waals surface area (Å²) in [5.74, 6) is 0. The fourth-order valence-corrected chi connectivity index (χ4v) is 2.10. The first-order valence-corrected chi connectivity index (χ1v) is 6.70. The summed E-state index contributed by atoms with van der Waals surface area (Å²) < 4.78 is 40.2. The lowest BCUT2D eigenvalue weighted by Crippen LogP contribution is -2.16. The van der Waals surface area contributed by atoms with Crippen LogP contribution in [0.3, 0.4) is 0 Å². The van der Waals surface area contributed by atoms with Gasteiger partial charge < -0.3 is 5.32 Å². The van der Waals surface area contributed by atoms with Gasteiger partial charge in [-0.15, -0.1) is 5.10 Å². The number of benzene rings is 1. The van der Waals surface area contributed by atoms with Crippen LogP contribution >= 0.6 is 15.9 Å². The molecule has 0 radical (unpaired) electrons. The number of alkyl halides is 3. The van der Waals surface area contributed by atoms with Crippen LogP contribution in [0.2, 0.25) is 0 Å². The number of aromatic nitrogens is 3. The van der Waals surface area contributed by atoms with Crippen LogP contribution in [0.25, 0.3) is 5.69 Å². The summed E-state index contributed by atoms with van der Waals surface area (Å²) >= 11 is 3.24. The lowest BCUT2D eigenvalue weighted by Gasteiger charge is -2.12. The number of hydrogen-bond donors (Lipinski definition) is 1. The third kappa shape index (κ3) is 3.18. The second kappa shape index (κ2) is 5.92. The summed E-state index contributed by atoms with van der Waals surface area (Å²) in [7, 11) is 0. The zero-order chi connectivity index (χ0) is 14.8. The van der Waals surface area contributed by atoms with Gasteiger partial charge in [0.25, 0.3) is 0 Å². The normalized spacial score (nSPS) is 11.8. The molecule has 0 spiro atoms. The van der Waals surface area contributed by atoms with E-state index in [2.05, 4.69) is 31.6 Å². The zero-order valence-corrected chi connectivity index (χ0v) is 12.2. The van der Waals surface area contributed by atoms with Gasteiger partial charge in [0.1, 0.15) is 0 Å². The summed E-state index contributed by atoms with van der Waals surface area (Å²) in [5, 5.41) is 10.7.